The zero-order valence-electron chi connectivity index (χ0n) is 19.6. The monoisotopic (exact) mass is 440 g/mol. The Morgan fingerprint density at radius 1 is 0.324 bits per heavy atom. The number of aryl methyl sites for hydroxylation is 2. The van der Waals surface area contributed by atoms with E-state index < -0.39 is 0 Å². The molecule has 166 valence electrons. The van der Waals surface area contributed by atoms with Gasteiger partial charge >= 0.3 is 0 Å². The maximum Gasteiger partial charge on any atom is 0.0485 e. The van der Waals surface area contributed by atoms with E-state index in [1.54, 1.807) is 0 Å². The molecule has 0 aromatic heterocycles. The lowest BCUT2D eigenvalue weighted by atomic mass is 10.1. The average Bonchev–Trinajstić information content (AvgIpc) is 2.86. The van der Waals surface area contributed by atoms with Crippen LogP contribution in [0.1, 0.15) is 11.1 Å². The van der Waals surface area contributed by atoms with Crippen molar-refractivity contribution in [3.63, 3.8) is 0 Å². The van der Waals surface area contributed by atoms with Gasteiger partial charge in [-0.2, -0.15) is 0 Å². The van der Waals surface area contributed by atoms with Gasteiger partial charge in [-0.1, -0.05) is 66.7 Å². The van der Waals surface area contributed by atoms with Crippen molar-refractivity contribution in [1.82, 2.24) is 0 Å². The van der Waals surface area contributed by atoms with Gasteiger partial charge in [0.2, 0.25) is 0 Å². The van der Waals surface area contributed by atoms with E-state index in [1.165, 1.54) is 11.1 Å². The second-order valence-corrected chi connectivity index (χ2v) is 8.54. The first-order valence-electron chi connectivity index (χ1n) is 11.6. The van der Waals surface area contributed by atoms with E-state index >= 15 is 0 Å². The molecule has 0 radical (unpaired) electrons. The van der Waals surface area contributed by atoms with E-state index in [9.17, 15) is 0 Å². The third kappa shape index (κ3) is 4.57. The van der Waals surface area contributed by atoms with Crippen LogP contribution in [0.3, 0.4) is 0 Å². The summed E-state index contributed by atoms with van der Waals surface area (Å²) in [5.41, 5.74) is 9.24. The summed E-state index contributed by atoms with van der Waals surface area (Å²) < 4.78 is 0. The van der Waals surface area contributed by atoms with Crippen LogP contribution < -0.4 is 9.80 Å². The van der Waals surface area contributed by atoms with Gasteiger partial charge in [-0.3, -0.25) is 0 Å². The molecule has 0 fully saturated rings. The first-order valence-corrected chi connectivity index (χ1v) is 11.6. The average molecular weight is 441 g/mol. The van der Waals surface area contributed by atoms with E-state index in [1.807, 2.05) is 0 Å². The number of para-hydroxylation sites is 3. The maximum absolute atomic E-state index is 2.33. The molecule has 0 aliphatic rings. The number of hydrogen-bond acceptors (Lipinski definition) is 2. The summed E-state index contributed by atoms with van der Waals surface area (Å²) >= 11 is 0. The third-order valence-corrected chi connectivity index (χ3v) is 5.87. The van der Waals surface area contributed by atoms with Crippen LogP contribution >= 0.6 is 0 Å². The lowest BCUT2D eigenvalue weighted by Gasteiger charge is -2.30. The molecule has 0 heterocycles. The van der Waals surface area contributed by atoms with Crippen LogP contribution in [0, 0.1) is 13.8 Å². The van der Waals surface area contributed by atoms with Crippen molar-refractivity contribution in [3.05, 3.63) is 145 Å². The molecule has 5 aromatic carbocycles. The zero-order chi connectivity index (χ0) is 23.3. The summed E-state index contributed by atoms with van der Waals surface area (Å²) in [4.78, 5) is 4.65. The fourth-order valence-corrected chi connectivity index (χ4v) is 4.39. The predicted octanol–water partition coefficient (Wildman–Crippen LogP) is 9.24. The van der Waals surface area contributed by atoms with Gasteiger partial charge in [0.15, 0.2) is 0 Å². The lowest BCUT2D eigenvalue weighted by molar-refractivity contribution is 1.23. The minimum atomic E-state index is 1.13. The molecule has 0 aliphatic heterocycles. The predicted molar refractivity (Wildman–Crippen MR) is 145 cm³/mol. The largest absolute Gasteiger partial charge is 0.310 e. The smallest absolute Gasteiger partial charge is 0.0485 e. The number of rotatable bonds is 6. The quantitative estimate of drug-likeness (QED) is 0.259. The van der Waals surface area contributed by atoms with E-state index in [0.717, 1.165) is 34.1 Å². The van der Waals surface area contributed by atoms with Gasteiger partial charge in [0.1, 0.15) is 0 Å². The van der Waals surface area contributed by atoms with E-state index in [2.05, 4.69) is 157 Å². The Labute approximate surface area is 202 Å². The Morgan fingerprint density at radius 3 is 1.15 bits per heavy atom. The molecule has 0 aliphatic carbocycles. The number of hydrogen-bond donors (Lipinski definition) is 0. The van der Waals surface area contributed by atoms with Crippen LogP contribution in [0.2, 0.25) is 0 Å². The van der Waals surface area contributed by atoms with Crippen LogP contribution in [0.5, 0.6) is 0 Å². The summed E-state index contributed by atoms with van der Waals surface area (Å²) in [5, 5.41) is 0. The third-order valence-electron chi connectivity index (χ3n) is 5.87. The van der Waals surface area contributed by atoms with Crippen molar-refractivity contribution in [2.24, 2.45) is 0 Å². The maximum atomic E-state index is 2.33. The Bertz CT molecular complexity index is 1320. The molecule has 0 unspecified atom stereocenters. The van der Waals surface area contributed by atoms with Gasteiger partial charge < -0.3 is 9.80 Å². The molecular weight excluding hydrogens is 412 g/mol. The number of nitrogens with zero attached hydrogens (tertiary/aromatic N) is 2. The molecule has 5 aromatic rings. The van der Waals surface area contributed by atoms with Crippen LogP contribution in [0.25, 0.3) is 0 Å². The first-order chi connectivity index (χ1) is 16.7. The highest BCUT2D eigenvalue weighted by molar-refractivity contribution is 5.83. The topological polar surface area (TPSA) is 6.48 Å². The van der Waals surface area contributed by atoms with Gasteiger partial charge in [0.05, 0.1) is 0 Å². The Hall–Kier alpha value is -4.30. The molecule has 0 N–H and O–H groups in total. The highest BCUT2D eigenvalue weighted by Crippen LogP contribution is 2.41. The molecule has 2 heteroatoms. The molecule has 0 saturated carbocycles. The fraction of sp³-hybridized carbons (Fsp3) is 0.0625. The summed E-state index contributed by atoms with van der Waals surface area (Å²) in [5.74, 6) is 0. The standard InChI is InChI=1S/C32H28N2/c1-25-13-12-20-30(21-25)34(29-18-10-5-11-19-29)32-23-26(2)22-31(24-32)33(27-14-6-3-7-15-27)28-16-8-4-9-17-28/h3-24H,1-2H3. The molecule has 0 saturated heterocycles. The van der Waals surface area contributed by atoms with Crippen LogP contribution in [0.4, 0.5) is 34.1 Å². The van der Waals surface area contributed by atoms with E-state index in [-0.39, 0.29) is 0 Å². The molecule has 0 spiro atoms. The molecule has 2 nitrogen and oxygen atoms in total. The van der Waals surface area contributed by atoms with Crippen LogP contribution in [-0.2, 0) is 0 Å². The van der Waals surface area contributed by atoms with Gasteiger partial charge in [-0.05, 0) is 91.7 Å². The molecule has 0 atom stereocenters. The molecular formula is C32H28N2. The summed E-state index contributed by atoms with van der Waals surface area (Å²) in [6, 6.07) is 47.1. The van der Waals surface area contributed by atoms with Crippen molar-refractivity contribution < 1.29 is 0 Å². The van der Waals surface area contributed by atoms with Crippen LogP contribution in [0.15, 0.2) is 133 Å². The molecule has 5 rings (SSSR count). The Balaban J connectivity index is 1.70. The number of anilines is 6. The minimum absolute atomic E-state index is 1.13. The normalized spacial score (nSPS) is 10.6. The van der Waals surface area contributed by atoms with Gasteiger partial charge in [-0.15, -0.1) is 0 Å². The summed E-state index contributed by atoms with van der Waals surface area (Å²) in [6.45, 7) is 4.31. The highest BCUT2D eigenvalue weighted by atomic mass is 15.2. The lowest BCUT2D eigenvalue weighted by Crippen LogP contribution is -2.13. The van der Waals surface area contributed by atoms with E-state index in [0.29, 0.717) is 0 Å². The van der Waals surface area contributed by atoms with Gasteiger partial charge in [0.25, 0.3) is 0 Å². The summed E-state index contributed by atoms with van der Waals surface area (Å²) in [6.07, 6.45) is 0. The summed E-state index contributed by atoms with van der Waals surface area (Å²) in [7, 11) is 0. The molecule has 0 bridgehead atoms. The zero-order valence-corrected chi connectivity index (χ0v) is 19.6. The molecule has 0 amide bonds. The first kappa shape index (κ1) is 21.5. The van der Waals surface area contributed by atoms with Crippen molar-refractivity contribution in [2.45, 2.75) is 13.8 Å². The van der Waals surface area contributed by atoms with Crippen molar-refractivity contribution in [1.29, 1.82) is 0 Å². The Morgan fingerprint density at radius 2 is 0.706 bits per heavy atom. The van der Waals surface area contributed by atoms with Gasteiger partial charge in [0, 0.05) is 34.1 Å². The van der Waals surface area contributed by atoms with Crippen LogP contribution in [-0.4, -0.2) is 0 Å². The second-order valence-electron chi connectivity index (χ2n) is 8.54. The van der Waals surface area contributed by atoms with E-state index in [4.69, 9.17) is 0 Å². The SMILES string of the molecule is Cc1cccc(N(c2ccccc2)c2cc(C)cc(N(c3ccccc3)c3ccccc3)c2)c1. The van der Waals surface area contributed by atoms with Crippen molar-refractivity contribution >= 4 is 34.1 Å². The van der Waals surface area contributed by atoms with Crippen molar-refractivity contribution in [3.8, 4) is 0 Å². The van der Waals surface area contributed by atoms with Crippen molar-refractivity contribution in [2.75, 3.05) is 9.80 Å². The number of benzene rings is 5. The molecule has 34 heavy (non-hydrogen) atoms. The highest BCUT2D eigenvalue weighted by Gasteiger charge is 2.17. The fourth-order valence-electron chi connectivity index (χ4n) is 4.39. The second kappa shape index (κ2) is 9.68. The minimum Gasteiger partial charge on any atom is -0.310 e. The Kier molecular flexibility index (Phi) is 6.13. The van der Waals surface area contributed by atoms with Gasteiger partial charge in [-0.25, -0.2) is 0 Å².